The molecule has 1 amide bonds. The van der Waals surface area contributed by atoms with Crippen molar-refractivity contribution in [3.05, 3.63) is 29.3 Å². The van der Waals surface area contributed by atoms with Gasteiger partial charge >= 0.3 is 5.97 Å². The number of carbonyl (C=O) groups excluding carboxylic acids is 1. The van der Waals surface area contributed by atoms with Gasteiger partial charge in [0, 0.05) is 12.1 Å². The zero-order valence-corrected chi connectivity index (χ0v) is 11.1. The third-order valence-electron chi connectivity index (χ3n) is 2.99. The first-order chi connectivity index (χ1) is 8.91. The average molecular weight is 265 g/mol. The SMILES string of the molecule is Cc1ccc(C(=O)NCCCC(C)C(=O)O)cc1O. The van der Waals surface area contributed by atoms with Gasteiger partial charge in [0.05, 0.1) is 5.92 Å². The van der Waals surface area contributed by atoms with Crippen LogP contribution >= 0.6 is 0 Å². The van der Waals surface area contributed by atoms with Crippen molar-refractivity contribution in [1.29, 1.82) is 0 Å². The molecule has 0 aliphatic heterocycles. The van der Waals surface area contributed by atoms with Crippen LogP contribution in [0.25, 0.3) is 0 Å². The molecule has 0 aliphatic rings. The lowest BCUT2D eigenvalue weighted by molar-refractivity contribution is -0.141. The van der Waals surface area contributed by atoms with E-state index in [1.54, 1.807) is 26.0 Å². The third-order valence-corrected chi connectivity index (χ3v) is 2.99. The smallest absolute Gasteiger partial charge is 0.306 e. The van der Waals surface area contributed by atoms with E-state index in [2.05, 4.69) is 5.32 Å². The van der Waals surface area contributed by atoms with Crippen LogP contribution in [0.3, 0.4) is 0 Å². The Kier molecular flexibility index (Phi) is 5.36. The summed E-state index contributed by atoms with van der Waals surface area (Å²) in [5.74, 6) is -1.40. The predicted molar refractivity (Wildman–Crippen MR) is 71.2 cm³/mol. The Bertz CT molecular complexity index is 471. The Morgan fingerprint density at radius 2 is 2.05 bits per heavy atom. The molecule has 1 atom stereocenters. The number of carbonyl (C=O) groups is 2. The number of aliphatic carboxylic acids is 1. The van der Waals surface area contributed by atoms with Crippen LogP contribution in [0.5, 0.6) is 5.75 Å². The van der Waals surface area contributed by atoms with Crippen molar-refractivity contribution in [3.63, 3.8) is 0 Å². The summed E-state index contributed by atoms with van der Waals surface area (Å²) in [4.78, 5) is 22.4. The van der Waals surface area contributed by atoms with Gasteiger partial charge in [-0.3, -0.25) is 9.59 Å². The lowest BCUT2D eigenvalue weighted by atomic mass is 10.1. The maximum Gasteiger partial charge on any atom is 0.306 e. The summed E-state index contributed by atoms with van der Waals surface area (Å²) >= 11 is 0. The molecule has 3 N–H and O–H groups in total. The Hall–Kier alpha value is -2.04. The molecule has 104 valence electrons. The molecule has 0 radical (unpaired) electrons. The molecule has 0 saturated heterocycles. The number of phenolic OH excluding ortho intramolecular Hbond substituents is 1. The van der Waals surface area contributed by atoms with E-state index in [-0.39, 0.29) is 11.7 Å². The van der Waals surface area contributed by atoms with Gasteiger partial charge in [-0.25, -0.2) is 0 Å². The second-order valence-corrected chi connectivity index (χ2v) is 4.64. The van der Waals surface area contributed by atoms with Gasteiger partial charge in [0.2, 0.25) is 0 Å². The molecular formula is C14H19NO4. The predicted octanol–water partition coefficient (Wildman–Crippen LogP) is 1.93. The van der Waals surface area contributed by atoms with Crippen LogP contribution in [0.4, 0.5) is 0 Å². The van der Waals surface area contributed by atoms with E-state index in [0.717, 1.165) is 0 Å². The number of carboxylic acid groups (broad SMARTS) is 1. The number of aryl methyl sites for hydroxylation is 1. The number of amides is 1. The molecule has 0 fully saturated rings. The minimum atomic E-state index is -0.824. The molecule has 0 spiro atoms. The molecule has 0 saturated carbocycles. The number of hydrogen-bond donors (Lipinski definition) is 3. The van der Waals surface area contributed by atoms with E-state index in [4.69, 9.17) is 5.11 Å². The third kappa shape index (κ3) is 4.62. The first-order valence-electron chi connectivity index (χ1n) is 6.22. The molecule has 5 heteroatoms. The van der Waals surface area contributed by atoms with Crippen LogP contribution in [-0.4, -0.2) is 28.6 Å². The highest BCUT2D eigenvalue weighted by Crippen LogP contribution is 2.17. The van der Waals surface area contributed by atoms with Gasteiger partial charge in [-0.15, -0.1) is 0 Å². The number of rotatable bonds is 6. The highest BCUT2D eigenvalue weighted by molar-refractivity contribution is 5.94. The first kappa shape index (κ1) is 15.0. The van der Waals surface area contributed by atoms with Gasteiger partial charge < -0.3 is 15.5 Å². The van der Waals surface area contributed by atoms with Gasteiger partial charge in [-0.1, -0.05) is 13.0 Å². The molecule has 1 aromatic carbocycles. The number of aromatic hydroxyl groups is 1. The second-order valence-electron chi connectivity index (χ2n) is 4.64. The van der Waals surface area contributed by atoms with Crippen LogP contribution in [0, 0.1) is 12.8 Å². The number of carboxylic acids is 1. The summed E-state index contributed by atoms with van der Waals surface area (Å²) in [5, 5.41) is 20.9. The highest BCUT2D eigenvalue weighted by atomic mass is 16.4. The number of benzene rings is 1. The largest absolute Gasteiger partial charge is 0.508 e. The normalized spacial score (nSPS) is 11.9. The molecule has 0 bridgehead atoms. The lowest BCUT2D eigenvalue weighted by Gasteiger charge is -2.08. The van der Waals surface area contributed by atoms with Gasteiger partial charge in [-0.2, -0.15) is 0 Å². The Morgan fingerprint density at radius 1 is 1.37 bits per heavy atom. The summed E-state index contributed by atoms with van der Waals surface area (Å²) in [5.41, 5.74) is 1.11. The maximum absolute atomic E-state index is 11.7. The molecule has 1 aromatic rings. The van der Waals surface area contributed by atoms with Gasteiger partial charge in [-0.05, 0) is 37.5 Å². The quantitative estimate of drug-likeness (QED) is 0.686. The molecular weight excluding hydrogens is 246 g/mol. The lowest BCUT2D eigenvalue weighted by Crippen LogP contribution is -2.25. The maximum atomic E-state index is 11.7. The summed E-state index contributed by atoms with van der Waals surface area (Å²) in [6.07, 6.45) is 1.13. The minimum absolute atomic E-state index is 0.0900. The van der Waals surface area contributed by atoms with Crippen molar-refractivity contribution < 1.29 is 19.8 Å². The molecule has 0 aliphatic carbocycles. The fourth-order valence-electron chi connectivity index (χ4n) is 1.59. The van der Waals surface area contributed by atoms with Crippen molar-refractivity contribution in [2.45, 2.75) is 26.7 Å². The number of nitrogens with one attached hydrogen (secondary N) is 1. The van der Waals surface area contributed by atoms with E-state index in [1.165, 1.54) is 6.07 Å². The van der Waals surface area contributed by atoms with E-state index in [0.29, 0.717) is 30.5 Å². The molecule has 0 heterocycles. The standard InChI is InChI=1S/C14H19NO4/c1-9-5-6-11(8-12(9)16)13(17)15-7-3-4-10(2)14(18)19/h5-6,8,10,16H,3-4,7H2,1-2H3,(H,15,17)(H,18,19). The Morgan fingerprint density at radius 3 is 2.63 bits per heavy atom. The molecule has 5 nitrogen and oxygen atoms in total. The molecule has 0 aromatic heterocycles. The van der Waals surface area contributed by atoms with Crippen LogP contribution in [0.2, 0.25) is 0 Å². The van der Waals surface area contributed by atoms with E-state index in [1.807, 2.05) is 0 Å². The van der Waals surface area contributed by atoms with Crippen molar-refractivity contribution in [3.8, 4) is 5.75 Å². The highest BCUT2D eigenvalue weighted by Gasteiger charge is 2.11. The average Bonchev–Trinajstić information content (AvgIpc) is 2.37. The van der Waals surface area contributed by atoms with E-state index < -0.39 is 11.9 Å². The van der Waals surface area contributed by atoms with Crippen LogP contribution in [-0.2, 0) is 4.79 Å². The Balaban J connectivity index is 2.39. The topological polar surface area (TPSA) is 86.6 Å². The first-order valence-corrected chi connectivity index (χ1v) is 6.22. The number of phenols is 1. The zero-order valence-electron chi connectivity index (χ0n) is 11.1. The van der Waals surface area contributed by atoms with Gasteiger partial charge in [0.25, 0.3) is 5.91 Å². The van der Waals surface area contributed by atoms with Crippen molar-refractivity contribution >= 4 is 11.9 Å². The van der Waals surface area contributed by atoms with Crippen molar-refractivity contribution in [2.75, 3.05) is 6.54 Å². The fraction of sp³-hybridized carbons (Fsp3) is 0.429. The second kappa shape index (κ2) is 6.78. The molecule has 1 rings (SSSR count). The number of hydrogen-bond acceptors (Lipinski definition) is 3. The fourth-order valence-corrected chi connectivity index (χ4v) is 1.59. The van der Waals surface area contributed by atoms with Gasteiger partial charge in [0.1, 0.15) is 5.75 Å². The van der Waals surface area contributed by atoms with Crippen molar-refractivity contribution in [1.82, 2.24) is 5.32 Å². The van der Waals surface area contributed by atoms with E-state index >= 15 is 0 Å². The summed E-state index contributed by atoms with van der Waals surface area (Å²) in [6, 6.07) is 4.74. The zero-order chi connectivity index (χ0) is 14.4. The molecule has 1 unspecified atom stereocenters. The Labute approximate surface area is 112 Å². The molecule has 19 heavy (non-hydrogen) atoms. The van der Waals surface area contributed by atoms with Crippen LogP contribution < -0.4 is 5.32 Å². The summed E-state index contributed by atoms with van der Waals surface area (Å²) in [6.45, 7) is 3.82. The van der Waals surface area contributed by atoms with Crippen LogP contribution in [0.1, 0.15) is 35.7 Å². The minimum Gasteiger partial charge on any atom is -0.508 e. The summed E-state index contributed by atoms with van der Waals surface area (Å²) < 4.78 is 0. The monoisotopic (exact) mass is 265 g/mol. The van der Waals surface area contributed by atoms with E-state index in [9.17, 15) is 14.7 Å². The van der Waals surface area contributed by atoms with Crippen molar-refractivity contribution in [2.24, 2.45) is 5.92 Å². The van der Waals surface area contributed by atoms with Crippen LogP contribution in [0.15, 0.2) is 18.2 Å². The van der Waals surface area contributed by atoms with Gasteiger partial charge in [0.15, 0.2) is 0 Å². The summed E-state index contributed by atoms with van der Waals surface area (Å²) in [7, 11) is 0.